The predicted molar refractivity (Wildman–Crippen MR) is 91.0 cm³/mol. The topological polar surface area (TPSA) is 29.1 Å². The molecule has 2 aromatic carbocycles. The van der Waals surface area contributed by atoms with Crippen LogP contribution in [0.15, 0.2) is 48.5 Å². The molecular formula is C17H18INO. The van der Waals surface area contributed by atoms with Crippen molar-refractivity contribution in [3.8, 4) is 0 Å². The largest absolute Gasteiger partial charge is 0.352 e. The van der Waals surface area contributed by atoms with Crippen molar-refractivity contribution in [1.29, 1.82) is 0 Å². The van der Waals surface area contributed by atoms with Crippen molar-refractivity contribution >= 4 is 28.5 Å². The van der Waals surface area contributed by atoms with Gasteiger partial charge in [-0.25, -0.2) is 0 Å². The average Bonchev–Trinajstić information content (AvgIpc) is 2.45. The van der Waals surface area contributed by atoms with Gasteiger partial charge in [0.25, 0.3) is 5.91 Å². The highest BCUT2D eigenvalue weighted by atomic mass is 127. The molecule has 0 radical (unpaired) electrons. The van der Waals surface area contributed by atoms with Crippen LogP contribution in [0.5, 0.6) is 0 Å². The predicted octanol–water partition coefficient (Wildman–Crippen LogP) is 3.96. The quantitative estimate of drug-likeness (QED) is 0.619. The van der Waals surface area contributed by atoms with Crippen molar-refractivity contribution in [3.63, 3.8) is 0 Å². The van der Waals surface area contributed by atoms with E-state index in [-0.39, 0.29) is 5.91 Å². The fourth-order valence-electron chi connectivity index (χ4n) is 1.98. The summed E-state index contributed by atoms with van der Waals surface area (Å²) in [6.07, 6.45) is 1.95. The van der Waals surface area contributed by atoms with E-state index in [1.807, 2.05) is 24.3 Å². The minimum atomic E-state index is 0.00687. The number of aryl methyl sites for hydroxylation is 2. The minimum absolute atomic E-state index is 0.00687. The Labute approximate surface area is 133 Å². The number of amides is 1. The van der Waals surface area contributed by atoms with Crippen molar-refractivity contribution < 1.29 is 4.79 Å². The maximum atomic E-state index is 11.9. The molecule has 0 saturated heterocycles. The lowest BCUT2D eigenvalue weighted by Gasteiger charge is -2.06. The maximum absolute atomic E-state index is 11.9. The summed E-state index contributed by atoms with van der Waals surface area (Å²) in [5.74, 6) is 0.00687. The van der Waals surface area contributed by atoms with Crippen LogP contribution >= 0.6 is 22.6 Å². The molecule has 0 aromatic heterocycles. The fourth-order valence-corrected chi connectivity index (χ4v) is 2.52. The Morgan fingerprint density at radius 1 is 1.15 bits per heavy atom. The van der Waals surface area contributed by atoms with Crippen molar-refractivity contribution in [1.82, 2.24) is 5.32 Å². The molecule has 20 heavy (non-hydrogen) atoms. The van der Waals surface area contributed by atoms with Crippen LogP contribution in [-0.4, -0.2) is 12.5 Å². The molecule has 0 spiro atoms. The summed E-state index contributed by atoms with van der Waals surface area (Å²) < 4.78 is 1.08. The zero-order valence-corrected chi connectivity index (χ0v) is 13.7. The van der Waals surface area contributed by atoms with Crippen molar-refractivity contribution in [3.05, 3.63) is 68.8 Å². The van der Waals surface area contributed by atoms with Crippen LogP contribution in [0.2, 0.25) is 0 Å². The van der Waals surface area contributed by atoms with Crippen LogP contribution in [-0.2, 0) is 6.42 Å². The highest BCUT2D eigenvalue weighted by Gasteiger charge is 2.04. The Hall–Kier alpha value is -1.36. The molecule has 2 aromatic rings. The fraction of sp³-hybridized carbons (Fsp3) is 0.235. The van der Waals surface area contributed by atoms with Crippen LogP contribution in [0.3, 0.4) is 0 Å². The van der Waals surface area contributed by atoms with Gasteiger partial charge in [-0.1, -0.05) is 35.9 Å². The first-order valence-electron chi connectivity index (χ1n) is 6.74. The molecule has 1 N–H and O–H groups in total. The zero-order valence-electron chi connectivity index (χ0n) is 11.5. The highest BCUT2D eigenvalue weighted by Crippen LogP contribution is 2.08. The molecule has 0 unspecified atom stereocenters. The van der Waals surface area contributed by atoms with Crippen LogP contribution in [0.4, 0.5) is 0 Å². The first-order valence-corrected chi connectivity index (χ1v) is 7.82. The smallest absolute Gasteiger partial charge is 0.251 e. The van der Waals surface area contributed by atoms with E-state index >= 15 is 0 Å². The number of hydrogen-bond acceptors (Lipinski definition) is 1. The van der Waals surface area contributed by atoms with Gasteiger partial charge in [-0.2, -0.15) is 0 Å². The third-order valence-corrected chi connectivity index (χ3v) is 3.81. The molecule has 0 atom stereocenters. The Morgan fingerprint density at radius 3 is 2.60 bits per heavy atom. The Morgan fingerprint density at radius 2 is 1.90 bits per heavy atom. The molecule has 0 aliphatic rings. The van der Waals surface area contributed by atoms with Crippen LogP contribution in [0.1, 0.15) is 27.9 Å². The van der Waals surface area contributed by atoms with Crippen LogP contribution in [0.25, 0.3) is 0 Å². The van der Waals surface area contributed by atoms with Gasteiger partial charge in [-0.15, -0.1) is 0 Å². The Kier molecular flexibility index (Phi) is 5.59. The second-order valence-corrected chi connectivity index (χ2v) is 6.10. The highest BCUT2D eigenvalue weighted by molar-refractivity contribution is 14.1. The molecule has 0 saturated carbocycles. The van der Waals surface area contributed by atoms with Gasteiger partial charge in [-0.05, 0) is 66.1 Å². The normalized spacial score (nSPS) is 10.3. The Balaban J connectivity index is 1.76. The van der Waals surface area contributed by atoms with Gasteiger partial charge >= 0.3 is 0 Å². The lowest BCUT2D eigenvalue weighted by Crippen LogP contribution is -2.24. The van der Waals surface area contributed by atoms with Crippen molar-refractivity contribution in [2.75, 3.05) is 6.54 Å². The van der Waals surface area contributed by atoms with E-state index in [1.54, 1.807) is 0 Å². The third-order valence-electron chi connectivity index (χ3n) is 3.14. The lowest BCUT2D eigenvalue weighted by molar-refractivity contribution is 0.0953. The van der Waals surface area contributed by atoms with E-state index in [4.69, 9.17) is 0 Å². The average molecular weight is 379 g/mol. The molecule has 0 heterocycles. The Bertz CT molecular complexity index is 578. The molecular weight excluding hydrogens is 361 g/mol. The van der Waals surface area contributed by atoms with Gasteiger partial charge in [-0.3, -0.25) is 4.79 Å². The number of hydrogen-bond donors (Lipinski definition) is 1. The third kappa shape index (κ3) is 4.63. The monoisotopic (exact) mass is 379 g/mol. The van der Waals surface area contributed by atoms with Gasteiger partial charge in [0.05, 0.1) is 0 Å². The second-order valence-electron chi connectivity index (χ2n) is 4.86. The van der Waals surface area contributed by atoms with Crippen molar-refractivity contribution in [2.45, 2.75) is 19.8 Å². The molecule has 0 bridgehead atoms. The summed E-state index contributed by atoms with van der Waals surface area (Å²) in [4.78, 5) is 11.9. The summed E-state index contributed by atoms with van der Waals surface area (Å²) in [5.41, 5.74) is 3.33. The SMILES string of the molecule is Cc1ccc(CCCNC(=O)c2cccc(I)c2)cc1. The summed E-state index contributed by atoms with van der Waals surface area (Å²) >= 11 is 2.21. The molecule has 0 aliphatic heterocycles. The molecule has 2 nitrogen and oxygen atoms in total. The van der Waals surface area contributed by atoms with Crippen molar-refractivity contribution in [2.24, 2.45) is 0 Å². The number of rotatable bonds is 5. The first kappa shape index (κ1) is 15.0. The first-order chi connectivity index (χ1) is 9.65. The summed E-state index contributed by atoms with van der Waals surface area (Å²) in [6, 6.07) is 16.2. The van der Waals surface area contributed by atoms with Crippen LogP contribution in [0, 0.1) is 10.5 Å². The van der Waals surface area contributed by atoms with E-state index in [1.165, 1.54) is 11.1 Å². The summed E-state index contributed by atoms with van der Waals surface area (Å²) in [5, 5.41) is 2.97. The zero-order chi connectivity index (χ0) is 14.4. The van der Waals surface area contributed by atoms with E-state index in [0.29, 0.717) is 6.54 Å². The van der Waals surface area contributed by atoms with Gasteiger partial charge in [0.2, 0.25) is 0 Å². The van der Waals surface area contributed by atoms with E-state index < -0.39 is 0 Å². The maximum Gasteiger partial charge on any atom is 0.251 e. The summed E-state index contributed by atoms with van der Waals surface area (Å²) in [7, 11) is 0. The molecule has 0 aliphatic carbocycles. The molecule has 1 amide bonds. The minimum Gasteiger partial charge on any atom is -0.352 e. The second kappa shape index (κ2) is 7.43. The van der Waals surface area contributed by atoms with E-state index in [2.05, 4.69) is 59.1 Å². The number of carbonyl (C=O) groups excluding carboxylic acids is 1. The van der Waals surface area contributed by atoms with Gasteiger partial charge in [0, 0.05) is 15.7 Å². The molecule has 0 fully saturated rings. The van der Waals surface area contributed by atoms with Gasteiger partial charge in [0.1, 0.15) is 0 Å². The molecule has 104 valence electrons. The molecule has 2 rings (SSSR count). The summed E-state index contributed by atoms with van der Waals surface area (Å²) in [6.45, 7) is 2.80. The lowest BCUT2D eigenvalue weighted by atomic mass is 10.1. The standard InChI is InChI=1S/C17H18INO/c1-13-7-9-14(10-8-13)4-3-11-19-17(20)15-5-2-6-16(18)12-15/h2,5-10,12H,3-4,11H2,1H3,(H,19,20). The molecule has 3 heteroatoms. The number of nitrogens with one attached hydrogen (secondary N) is 1. The van der Waals surface area contributed by atoms with E-state index in [0.717, 1.165) is 22.0 Å². The number of carbonyl (C=O) groups is 1. The van der Waals surface area contributed by atoms with Gasteiger partial charge in [0.15, 0.2) is 0 Å². The number of halogens is 1. The van der Waals surface area contributed by atoms with Crippen LogP contribution < -0.4 is 5.32 Å². The number of benzene rings is 2. The van der Waals surface area contributed by atoms with E-state index in [9.17, 15) is 4.79 Å². The van der Waals surface area contributed by atoms with Gasteiger partial charge < -0.3 is 5.32 Å².